The fourth-order valence-corrected chi connectivity index (χ4v) is 4.05. The van der Waals surface area contributed by atoms with E-state index in [1.54, 1.807) is 6.08 Å². The molecule has 0 bridgehead atoms. The van der Waals surface area contributed by atoms with Gasteiger partial charge in [-0.1, -0.05) is 41.0 Å². The summed E-state index contributed by atoms with van der Waals surface area (Å²) in [6.45, 7) is 12.7. The summed E-state index contributed by atoms with van der Waals surface area (Å²) in [6.07, 6.45) is 12.5. The summed E-state index contributed by atoms with van der Waals surface area (Å²) in [5.41, 5.74) is 0.601. The average Bonchev–Trinajstić information content (AvgIpc) is 2.91. The van der Waals surface area contributed by atoms with Gasteiger partial charge in [-0.05, 0) is 63.9 Å². The average molecular weight is 521 g/mol. The second-order valence-corrected chi connectivity index (χ2v) is 9.33. The van der Waals surface area contributed by atoms with Crippen LogP contribution in [0.5, 0.6) is 28.7 Å². The van der Waals surface area contributed by atoms with E-state index in [0.29, 0.717) is 67.3 Å². The van der Waals surface area contributed by atoms with Gasteiger partial charge in [-0.2, -0.15) is 0 Å². The molecule has 0 radical (unpaired) electrons. The lowest BCUT2D eigenvalue weighted by Gasteiger charge is -2.25. The third kappa shape index (κ3) is 9.67. The van der Waals surface area contributed by atoms with E-state index in [9.17, 15) is 4.79 Å². The molecule has 0 unspecified atom stereocenters. The van der Waals surface area contributed by atoms with E-state index >= 15 is 0 Å². The zero-order valence-electron chi connectivity index (χ0n) is 23.7. The maximum atomic E-state index is 12.8. The molecule has 2 rings (SSSR count). The molecule has 0 amide bonds. The van der Waals surface area contributed by atoms with Crippen molar-refractivity contribution in [3.8, 4) is 28.7 Å². The highest BCUT2D eigenvalue weighted by molar-refractivity contribution is 5.90. The van der Waals surface area contributed by atoms with Crippen molar-refractivity contribution >= 4 is 12.0 Å². The van der Waals surface area contributed by atoms with Crippen LogP contribution in [-0.4, -0.2) is 45.1 Å². The molecule has 1 aromatic carbocycles. The van der Waals surface area contributed by atoms with Crippen LogP contribution in [0.1, 0.15) is 104 Å². The molecular weight excluding hydrogens is 472 g/mol. The van der Waals surface area contributed by atoms with E-state index in [0.717, 1.165) is 57.8 Å². The van der Waals surface area contributed by atoms with Crippen LogP contribution in [0.3, 0.4) is 0 Å². The topological polar surface area (TPSA) is 72.5 Å². The van der Waals surface area contributed by atoms with E-state index in [2.05, 4.69) is 20.8 Å². The highest BCUT2D eigenvalue weighted by Gasteiger charge is 2.30. The van der Waals surface area contributed by atoms with Crippen LogP contribution in [-0.2, 0) is 9.53 Å². The molecule has 0 N–H and O–H groups in total. The Bertz CT molecular complexity index is 787. The minimum atomic E-state index is -0.367. The van der Waals surface area contributed by atoms with Crippen LogP contribution in [0.4, 0.5) is 0 Å². The van der Waals surface area contributed by atoms with Crippen molar-refractivity contribution in [1.29, 1.82) is 0 Å². The molecule has 7 heteroatoms. The Morgan fingerprint density at radius 1 is 0.622 bits per heavy atom. The molecule has 1 saturated carbocycles. The van der Waals surface area contributed by atoms with Crippen LogP contribution in [0.2, 0.25) is 0 Å². The Kier molecular flexibility index (Phi) is 14.8. The molecule has 0 spiro atoms. The molecule has 1 aliphatic carbocycles. The summed E-state index contributed by atoms with van der Waals surface area (Å²) < 4.78 is 36.9. The van der Waals surface area contributed by atoms with Crippen LogP contribution >= 0.6 is 0 Å². The highest BCUT2D eigenvalue weighted by atomic mass is 16.6. The lowest BCUT2D eigenvalue weighted by molar-refractivity contribution is -0.144. The Balaban J connectivity index is 2.65. The quantitative estimate of drug-likeness (QED) is 0.146. The predicted molar refractivity (Wildman–Crippen MR) is 147 cm³/mol. The maximum Gasteiger partial charge on any atom is 0.331 e. The molecule has 0 heterocycles. The van der Waals surface area contributed by atoms with E-state index in [1.165, 1.54) is 12.5 Å². The highest BCUT2D eigenvalue weighted by Crippen LogP contribution is 2.54. The maximum absolute atomic E-state index is 12.8. The second-order valence-electron chi connectivity index (χ2n) is 9.33. The largest absolute Gasteiger partial charge is 0.489 e. The molecule has 1 aromatic rings. The van der Waals surface area contributed by atoms with Gasteiger partial charge in [-0.3, -0.25) is 0 Å². The SMILES string of the molecule is CCCOc1c(C=CC(=O)OC2CCCCC2)c(OCCC)c(OCCC)c(OCCC)c1OCCC. The van der Waals surface area contributed by atoms with Crippen molar-refractivity contribution in [1.82, 2.24) is 0 Å². The summed E-state index contributed by atoms with van der Waals surface area (Å²) in [7, 11) is 0. The van der Waals surface area contributed by atoms with Crippen LogP contribution in [0.15, 0.2) is 6.08 Å². The van der Waals surface area contributed by atoms with Gasteiger partial charge in [0.1, 0.15) is 6.10 Å². The van der Waals surface area contributed by atoms with Crippen molar-refractivity contribution in [2.45, 2.75) is 105 Å². The molecular formula is C30H48O7. The van der Waals surface area contributed by atoms with Crippen molar-refractivity contribution in [2.75, 3.05) is 33.0 Å². The lowest BCUT2D eigenvalue weighted by Crippen LogP contribution is -2.19. The van der Waals surface area contributed by atoms with E-state index in [4.69, 9.17) is 28.4 Å². The standard InChI is InChI=1S/C30H48O7/c1-6-18-32-26-24(16-17-25(31)37-23-14-12-11-13-15-23)27(33-19-7-2)29(35-21-9-4)30(36-22-10-5)28(26)34-20-8-3/h16-17,23H,6-15,18-22H2,1-5H3. The summed E-state index contributed by atoms with van der Waals surface area (Å²) in [6, 6.07) is 0. The Morgan fingerprint density at radius 2 is 1.00 bits per heavy atom. The van der Waals surface area contributed by atoms with Crippen molar-refractivity contribution in [3.63, 3.8) is 0 Å². The predicted octanol–water partition coefficient (Wildman–Crippen LogP) is 7.52. The number of benzene rings is 1. The fourth-order valence-electron chi connectivity index (χ4n) is 4.05. The van der Waals surface area contributed by atoms with Gasteiger partial charge in [-0.15, -0.1) is 0 Å². The Morgan fingerprint density at radius 3 is 1.41 bits per heavy atom. The number of rotatable bonds is 18. The molecule has 0 aliphatic heterocycles. The summed E-state index contributed by atoms with van der Waals surface area (Å²) in [4.78, 5) is 12.8. The molecule has 210 valence electrons. The Hall–Kier alpha value is -2.57. The zero-order valence-corrected chi connectivity index (χ0v) is 23.7. The molecule has 0 aromatic heterocycles. The van der Waals surface area contributed by atoms with E-state index < -0.39 is 0 Å². The molecule has 1 aliphatic rings. The van der Waals surface area contributed by atoms with Gasteiger partial charge in [-0.25, -0.2) is 4.79 Å². The smallest absolute Gasteiger partial charge is 0.331 e. The van der Waals surface area contributed by atoms with Gasteiger partial charge in [0, 0.05) is 6.08 Å². The van der Waals surface area contributed by atoms with Crippen molar-refractivity contribution in [2.24, 2.45) is 0 Å². The van der Waals surface area contributed by atoms with Gasteiger partial charge in [0.05, 0.1) is 38.6 Å². The van der Waals surface area contributed by atoms with Gasteiger partial charge in [0.25, 0.3) is 0 Å². The van der Waals surface area contributed by atoms with Gasteiger partial charge in [0.2, 0.25) is 17.2 Å². The summed E-state index contributed by atoms with van der Waals surface area (Å²) >= 11 is 0. The molecule has 7 nitrogen and oxygen atoms in total. The summed E-state index contributed by atoms with van der Waals surface area (Å²) in [5, 5.41) is 0. The third-order valence-corrected chi connectivity index (χ3v) is 5.79. The number of esters is 1. The van der Waals surface area contributed by atoms with Crippen LogP contribution in [0.25, 0.3) is 6.08 Å². The zero-order chi connectivity index (χ0) is 26.9. The summed E-state index contributed by atoms with van der Waals surface area (Å²) in [5.74, 6) is 2.09. The normalized spacial score (nSPS) is 14.0. The number of hydrogen-bond donors (Lipinski definition) is 0. The molecule has 0 saturated heterocycles. The lowest BCUT2D eigenvalue weighted by atomic mass is 9.98. The van der Waals surface area contributed by atoms with Gasteiger partial charge in [0.15, 0.2) is 11.5 Å². The monoisotopic (exact) mass is 520 g/mol. The van der Waals surface area contributed by atoms with Crippen molar-refractivity contribution < 1.29 is 33.2 Å². The van der Waals surface area contributed by atoms with Crippen molar-refractivity contribution in [3.05, 3.63) is 11.6 Å². The first-order chi connectivity index (χ1) is 18.1. The first kappa shape index (κ1) is 30.7. The van der Waals surface area contributed by atoms with E-state index in [-0.39, 0.29) is 12.1 Å². The molecule has 0 atom stereocenters. The van der Waals surface area contributed by atoms with Gasteiger partial charge < -0.3 is 28.4 Å². The minimum Gasteiger partial charge on any atom is -0.489 e. The third-order valence-electron chi connectivity index (χ3n) is 5.79. The Labute approximate surface area is 223 Å². The molecule has 37 heavy (non-hydrogen) atoms. The van der Waals surface area contributed by atoms with Gasteiger partial charge >= 0.3 is 5.97 Å². The van der Waals surface area contributed by atoms with Crippen LogP contribution < -0.4 is 23.7 Å². The van der Waals surface area contributed by atoms with Crippen LogP contribution in [0, 0.1) is 0 Å². The number of carbonyl (C=O) groups excluding carboxylic acids is 1. The number of carbonyl (C=O) groups is 1. The minimum absolute atomic E-state index is 0.0192. The fraction of sp³-hybridized carbons (Fsp3) is 0.700. The number of ether oxygens (including phenoxy) is 6. The molecule has 1 fully saturated rings. The first-order valence-electron chi connectivity index (χ1n) is 14.4. The number of hydrogen-bond acceptors (Lipinski definition) is 7. The first-order valence-corrected chi connectivity index (χ1v) is 14.4. The van der Waals surface area contributed by atoms with E-state index in [1.807, 2.05) is 13.8 Å². The second kappa shape index (κ2) is 17.8.